The second-order valence-electron chi connectivity index (χ2n) is 5.70. The number of rotatable bonds is 0. The van der Waals surface area contributed by atoms with Crippen LogP contribution in [-0.2, 0) is 6.42 Å². The highest BCUT2D eigenvalue weighted by molar-refractivity contribution is 5.98. The van der Waals surface area contributed by atoms with Crippen molar-refractivity contribution in [1.82, 2.24) is 4.90 Å². The molecule has 1 spiro atoms. The van der Waals surface area contributed by atoms with Crippen LogP contribution < -0.4 is 4.74 Å². The molecule has 1 amide bonds. The van der Waals surface area contributed by atoms with Crippen LogP contribution in [0.3, 0.4) is 0 Å². The number of hydrogen-bond donors (Lipinski definition) is 1. The smallest absolute Gasteiger partial charge is 0.260 e. The van der Waals surface area contributed by atoms with Crippen molar-refractivity contribution >= 4 is 12.0 Å². The molecule has 0 saturated heterocycles. The van der Waals surface area contributed by atoms with E-state index in [0.29, 0.717) is 17.7 Å². The maximum absolute atomic E-state index is 12.6. The number of amides is 1. The molecular weight excluding hydrogens is 278 g/mol. The molecule has 0 aromatic heterocycles. The van der Waals surface area contributed by atoms with E-state index >= 15 is 0 Å². The molecule has 4 heteroatoms. The van der Waals surface area contributed by atoms with Crippen molar-refractivity contribution in [2.75, 3.05) is 7.05 Å². The number of nitrogens with zero attached hydrogens (tertiary/aromatic N) is 1. The van der Waals surface area contributed by atoms with Gasteiger partial charge in [-0.3, -0.25) is 9.69 Å². The Hall–Kier alpha value is -2.75. The first-order valence-corrected chi connectivity index (χ1v) is 7.16. The fourth-order valence-electron chi connectivity index (χ4n) is 3.10. The molecule has 1 aliphatic carbocycles. The number of phenols is 1. The maximum Gasteiger partial charge on any atom is 0.260 e. The van der Waals surface area contributed by atoms with Crippen LogP contribution in [0.4, 0.5) is 0 Å². The van der Waals surface area contributed by atoms with E-state index in [0.717, 1.165) is 11.1 Å². The van der Waals surface area contributed by atoms with E-state index < -0.39 is 5.72 Å². The fourth-order valence-corrected chi connectivity index (χ4v) is 3.10. The Morgan fingerprint density at radius 1 is 1.23 bits per heavy atom. The monoisotopic (exact) mass is 293 g/mol. The molecule has 0 fully saturated rings. The van der Waals surface area contributed by atoms with Gasteiger partial charge in [-0.25, -0.2) is 0 Å². The Morgan fingerprint density at radius 3 is 2.91 bits per heavy atom. The van der Waals surface area contributed by atoms with E-state index in [-0.39, 0.29) is 11.7 Å². The van der Waals surface area contributed by atoms with E-state index in [2.05, 4.69) is 0 Å². The van der Waals surface area contributed by atoms with E-state index in [1.54, 1.807) is 30.1 Å². The van der Waals surface area contributed by atoms with Crippen LogP contribution in [0.2, 0.25) is 0 Å². The number of carbonyl (C=O) groups is 1. The highest BCUT2D eigenvalue weighted by Crippen LogP contribution is 2.39. The Labute approximate surface area is 128 Å². The molecule has 1 heterocycles. The van der Waals surface area contributed by atoms with Crippen molar-refractivity contribution in [3.05, 3.63) is 65.2 Å². The number of para-hydroxylation sites is 1. The van der Waals surface area contributed by atoms with Gasteiger partial charge in [-0.05, 0) is 41.5 Å². The lowest BCUT2D eigenvalue weighted by molar-refractivity contribution is -0.0285. The van der Waals surface area contributed by atoms with Crippen LogP contribution in [0.25, 0.3) is 6.08 Å². The minimum absolute atomic E-state index is 0.0601. The van der Waals surface area contributed by atoms with Gasteiger partial charge in [0.2, 0.25) is 5.72 Å². The Morgan fingerprint density at radius 2 is 2.05 bits per heavy atom. The van der Waals surface area contributed by atoms with E-state index in [1.807, 2.05) is 36.4 Å². The van der Waals surface area contributed by atoms with Gasteiger partial charge in [0, 0.05) is 13.5 Å². The normalized spacial score (nSPS) is 22.2. The van der Waals surface area contributed by atoms with Gasteiger partial charge in [0.15, 0.2) is 0 Å². The molecule has 1 N–H and O–H groups in total. The zero-order chi connectivity index (χ0) is 15.3. The first-order valence-electron chi connectivity index (χ1n) is 7.16. The number of carbonyl (C=O) groups excluding carboxylic acids is 1. The summed E-state index contributed by atoms with van der Waals surface area (Å²) in [4.78, 5) is 14.3. The van der Waals surface area contributed by atoms with Crippen molar-refractivity contribution in [2.24, 2.45) is 0 Å². The number of fused-ring (bicyclic) bond motifs is 2. The average Bonchev–Trinajstić information content (AvgIpc) is 2.52. The Bertz CT molecular complexity index is 812. The van der Waals surface area contributed by atoms with Gasteiger partial charge in [-0.2, -0.15) is 0 Å². The predicted octanol–water partition coefficient (Wildman–Crippen LogP) is 2.82. The lowest BCUT2D eigenvalue weighted by atomic mass is 9.89. The summed E-state index contributed by atoms with van der Waals surface area (Å²) in [7, 11) is 1.75. The number of benzene rings is 2. The van der Waals surface area contributed by atoms with Crippen LogP contribution in [-0.4, -0.2) is 28.7 Å². The summed E-state index contributed by atoms with van der Waals surface area (Å²) < 4.78 is 6.18. The molecule has 0 bridgehead atoms. The maximum atomic E-state index is 12.6. The molecule has 1 aliphatic heterocycles. The third-order valence-electron chi connectivity index (χ3n) is 4.37. The highest BCUT2D eigenvalue weighted by Gasteiger charge is 2.44. The minimum atomic E-state index is -0.841. The third kappa shape index (κ3) is 1.73. The molecule has 4 nitrogen and oxygen atoms in total. The number of phenolic OH excluding ortho intramolecular Hbond substituents is 1. The lowest BCUT2D eigenvalue weighted by Crippen LogP contribution is -2.57. The molecule has 1 unspecified atom stereocenters. The quantitative estimate of drug-likeness (QED) is 0.812. The summed E-state index contributed by atoms with van der Waals surface area (Å²) in [6, 6.07) is 12.5. The summed E-state index contributed by atoms with van der Waals surface area (Å²) in [6.07, 6.45) is 4.36. The summed E-state index contributed by atoms with van der Waals surface area (Å²) in [5.74, 6) is 0.753. The molecule has 4 rings (SSSR count). The fraction of sp³-hybridized carbons (Fsp3) is 0.167. The molecule has 2 aliphatic rings. The van der Waals surface area contributed by atoms with Crippen LogP contribution >= 0.6 is 0 Å². The van der Waals surface area contributed by atoms with E-state index in [9.17, 15) is 9.90 Å². The summed E-state index contributed by atoms with van der Waals surface area (Å²) in [5.41, 5.74) is 1.73. The number of aromatic hydroxyl groups is 1. The molecular formula is C18H15NO3. The van der Waals surface area contributed by atoms with Crippen molar-refractivity contribution in [3.63, 3.8) is 0 Å². The van der Waals surface area contributed by atoms with Gasteiger partial charge >= 0.3 is 0 Å². The minimum Gasteiger partial charge on any atom is -0.508 e. The van der Waals surface area contributed by atoms with Crippen LogP contribution in [0.15, 0.2) is 48.5 Å². The molecule has 2 aromatic carbocycles. The second-order valence-corrected chi connectivity index (χ2v) is 5.70. The lowest BCUT2D eigenvalue weighted by Gasteiger charge is -2.45. The zero-order valence-electron chi connectivity index (χ0n) is 12.1. The van der Waals surface area contributed by atoms with Crippen molar-refractivity contribution in [1.29, 1.82) is 0 Å². The summed E-state index contributed by atoms with van der Waals surface area (Å²) >= 11 is 0. The predicted molar refractivity (Wildman–Crippen MR) is 82.7 cm³/mol. The standard InChI is InChI=1S/C18H15NO3/c1-19-17(21)15-4-2-3-5-16(15)22-18(19)9-8-12-6-7-14(20)10-13(12)11-18/h2-10,20H,11H2,1H3. The third-order valence-corrected chi connectivity index (χ3v) is 4.37. The Balaban J connectivity index is 1.82. The SMILES string of the molecule is CN1C(=O)c2ccccc2OC12C=Cc1ccc(O)cc1C2. The summed E-state index contributed by atoms with van der Waals surface area (Å²) in [5, 5.41) is 9.71. The highest BCUT2D eigenvalue weighted by atomic mass is 16.5. The van der Waals surface area contributed by atoms with E-state index in [1.165, 1.54) is 0 Å². The first-order chi connectivity index (χ1) is 10.6. The Kier molecular flexibility index (Phi) is 2.57. The van der Waals surface area contributed by atoms with Gasteiger partial charge in [-0.1, -0.05) is 24.3 Å². The second kappa shape index (κ2) is 4.37. The molecule has 0 saturated carbocycles. The molecule has 110 valence electrons. The van der Waals surface area contributed by atoms with Gasteiger partial charge in [0.25, 0.3) is 5.91 Å². The molecule has 22 heavy (non-hydrogen) atoms. The molecule has 1 atom stereocenters. The van der Waals surface area contributed by atoms with Crippen molar-refractivity contribution in [3.8, 4) is 11.5 Å². The molecule has 2 aromatic rings. The number of likely N-dealkylation sites (N-methyl/N-ethyl adjacent to an activating group) is 1. The number of hydrogen-bond acceptors (Lipinski definition) is 3. The first kappa shape index (κ1) is 13.0. The molecule has 0 radical (unpaired) electrons. The number of ether oxygens (including phenoxy) is 1. The topological polar surface area (TPSA) is 49.8 Å². The van der Waals surface area contributed by atoms with Gasteiger partial charge in [0.05, 0.1) is 5.56 Å². The van der Waals surface area contributed by atoms with Crippen LogP contribution in [0.5, 0.6) is 11.5 Å². The summed E-state index contributed by atoms with van der Waals surface area (Å²) in [6.45, 7) is 0. The van der Waals surface area contributed by atoms with Crippen molar-refractivity contribution in [2.45, 2.75) is 12.1 Å². The average molecular weight is 293 g/mol. The van der Waals surface area contributed by atoms with Gasteiger partial charge in [-0.15, -0.1) is 0 Å². The van der Waals surface area contributed by atoms with Crippen LogP contribution in [0, 0.1) is 0 Å². The zero-order valence-corrected chi connectivity index (χ0v) is 12.1. The van der Waals surface area contributed by atoms with Crippen LogP contribution in [0.1, 0.15) is 21.5 Å². The van der Waals surface area contributed by atoms with Gasteiger partial charge in [0.1, 0.15) is 11.5 Å². The van der Waals surface area contributed by atoms with Gasteiger partial charge < -0.3 is 9.84 Å². The largest absolute Gasteiger partial charge is 0.508 e. The van der Waals surface area contributed by atoms with E-state index in [4.69, 9.17) is 4.74 Å². The van der Waals surface area contributed by atoms with Crippen molar-refractivity contribution < 1.29 is 14.6 Å².